The molecule has 0 aliphatic rings. The lowest BCUT2D eigenvalue weighted by molar-refractivity contribution is 0.437. The first-order chi connectivity index (χ1) is 8.70. The highest BCUT2D eigenvalue weighted by atomic mass is 79.9. The Morgan fingerprint density at radius 1 is 1.11 bits per heavy atom. The molecule has 0 spiro atoms. The van der Waals surface area contributed by atoms with Gasteiger partial charge in [0.25, 0.3) is 0 Å². The van der Waals surface area contributed by atoms with Gasteiger partial charge in [-0.25, -0.2) is 4.39 Å². The predicted molar refractivity (Wildman–Crippen MR) is 73.4 cm³/mol. The van der Waals surface area contributed by atoms with Crippen LogP contribution in [0.4, 0.5) is 4.39 Å². The summed E-state index contributed by atoms with van der Waals surface area (Å²) < 4.78 is 20.1. The van der Waals surface area contributed by atoms with Crippen LogP contribution in [-0.2, 0) is 6.42 Å². The Hall–Kier alpha value is -1.39. The van der Waals surface area contributed by atoms with Gasteiger partial charge in [0.2, 0.25) is 0 Å². The number of halogens is 2. The fraction of sp³-hybridized carbons (Fsp3) is 0.143. The third kappa shape index (κ3) is 3.09. The molecule has 2 nitrogen and oxygen atoms in total. The zero-order valence-electron chi connectivity index (χ0n) is 9.70. The largest absolute Gasteiger partial charge is 0.454 e. The van der Waals surface area contributed by atoms with Crippen molar-refractivity contribution in [1.29, 1.82) is 0 Å². The summed E-state index contributed by atoms with van der Waals surface area (Å²) in [5.74, 6) is 0.478. The van der Waals surface area contributed by atoms with E-state index in [1.807, 2.05) is 18.2 Å². The highest BCUT2D eigenvalue weighted by Gasteiger charge is 2.08. The van der Waals surface area contributed by atoms with Crippen molar-refractivity contribution >= 4 is 15.9 Å². The molecule has 0 saturated carbocycles. The van der Waals surface area contributed by atoms with E-state index in [4.69, 9.17) is 10.5 Å². The molecule has 18 heavy (non-hydrogen) atoms. The Morgan fingerprint density at radius 3 is 2.61 bits per heavy atom. The Labute approximate surface area is 114 Å². The molecule has 0 aromatic heterocycles. The van der Waals surface area contributed by atoms with Crippen LogP contribution in [-0.4, -0.2) is 6.54 Å². The van der Waals surface area contributed by atoms with Crippen LogP contribution in [0.15, 0.2) is 46.9 Å². The maximum absolute atomic E-state index is 13.5. The van der Waals surface area contributed by atoms with E-state index < -0.39 is 0 Å². The molecule has 0 saturated heterocycles. The summed E-state index contributed by atoms with van der Waals surface area (Å²) in [6, 6.07) is 11.9. The molecule has 0 fully saturated rings. The lowest BCUT2D eigenvalue weighted by Crippen LogP contribution is -2.04. The van der Waals surface area contributed by atoms with Crippen molar-refractivity contribution in [2.75, 3.05) is 6.54 Å². The van der Waals surface area contributed by atoms with Crippen molar-refractivity contribution in [2.45, 2.75) is 6.42 Å². The lowest BCUT2D eigenvalue weighted by atomic mass is 10.1. The average molecular weight is 310 g/mol. The molecule has 2 rings (SSSR count). The highest BCUT2D eigenvalue weighted by Crippen LogP contribution is 2.29. The Bertz CT molecular complexity index is 545. The van der Waals surface area contributed by atoms with E-state index in [-0.39, 0.29) is 11.6 Å². The van der Waals surface area contributed by atoms with E-state index in [0.717, 1.165) is 10.0 Å². The summed E-state index contributed by atoms with van der Waals surface area (Å²) >= 11 is 3.40. The second kappa shape index (κ2) is 5.98. The molecular weight excluding hydrogens is 297 g/mol. The number of hydrogen-bond donors (Lipinski definition) is 1. The number of nitrogens with two attached hydrogens (primary N) is 1. The van der Waals surface area contributed by atoms with E-state index in [1.165, 1.54) is 6.07 Å². The normalized spacial score (nSPS) is 10.4. The summed E-state index contributed by atoms with van der Waals surface area (Å²) in [6.45, 7) is 0.518. The van der Waals surface area contributed by atoms with Crippen LogP contribution in [0.2, 0.25) is 0 Å². The zero-order chi connectivity index (χ0) is 13.0. The molecule has 94 valence electrons. The summed E-state index contributed by atoms with van der Waals surface area (Å²) in [7, 11) is 0. The van der Waals surface area contributed by atoms with Gasteiger partial charge in [-0.1, -0.05) is 28.1 Å². The molecule has 0 atom stereocenters. The van der Waals surface area contributed by atoms with Gasteiger partial charge in [0, 0.05) is 4.47 Å². The van der Waals surface area contributed by atoms with Gasteiger partial charge < -0.3 is 10.5 Å². The van der Waals surface area contributed by atoms with Crippen molar-refractivity contribution in [3.8, 4) is 11.5 Å². The molecule has 0 bridgehead atoms. The fourth-order valence-corrected chi connectivity index (χ4v) is 2.05. The topological polar surface area (TPSA) is 35.2 Å². The lowest BCUT2D eigenvalue weighted by Gasteiger charge is -2.11. The maximum Gasteiger partial charge on any atom is 0.165 e. The van der Waals surface area contributed by atoms with E-state index in [1.54, 1.807) is 18.2 Å². The van der Waals surface area contributed by atoms with Gasteiger partial charge in [0.1, 0.15) is 5.75 Å². The van der Waals surface area contributed by atoms with Crippen molar-refractivity contribution < 1.29 is 9.13 Å². The van der Waals surface area contributed by atoms with E-state index >= 15 is 0 Å². The monoisotopic (exact) mass is 309 g/mol. The van der Waals surface area contributed by atoms with Crippen molar-refractivity contribution in [3.63, 3.8) is 0 Å². The first-order valence-corrected chi connectivity index (χ1v) is 6.41. The quantitative estimate of drug-likeness (QED) is 0.930. The molecule has 4 heteroatoms. The number of hydrogen-bond acceptors (Lipinski definition) is 2. The molecule has 0 radical (unpaired) electrons. The van der Waals surface area contributed by atoms with Crippen molar-refractivity contribution in [2.24, 2.45) is 5.73 Å². The van der Waals surface area contributed by atoms with E-state index in [2.05, 4.69) is 15.9 Å². The Morgan fingerprint density at radius 2 is 1.89 bits per heavy atom. The minimum absolute atomic E-state index is 0.220. The first kappa shape index (κ1) is 13.1. The Balaban J connectivity index is 2.31. The van der Waals surface area contributed by atoms with Crippen LogP contribution in [0.5, 0.6) is 11.5 Å². The smallest absolute Gasteiger partial charge is 0.165 e. The summed E-state index contributed by atoms with van der Waals surface area (Å²) in [5.41, 5.74) is 6.51. The first-order valence-electron chi connectivity index (χ1n) is 5.61. The van der Waals surface area contributed by atoms with Gasteiger partial charge in [-0.05, 0) is 48.9 Å². The SMILES string of the molecule is NCCc1cc(Br)ccc1Oc1ccccc1F. The average Bonchev–Trinajstić information content (AvgIpc) is 2.35. The molecule has 0 heterocycles. The standard InChI is InChI=1S/C14H13BrFNO/c15-11-5-6-13(10(9-11)7-8-17)18-14-4-2-1-3-12(14)16/h1-6,9H,7-8,17H2. The molecule has 0 aliphatic heterocycles. The number of ether oxygens (including phenoxy) is 1. The van der Waals surface area contributed by atoms with Crippen LogP contribution in [0.1, 0.15) is 5.56 Å². The highest BCUT2D eigenvalue weighted by molar-refractivity contribution is 9.10. The van der Waals surface area contributed by atoms with Crippen LogP contribution in [0, 0.1) is 5.82 Å². The molecule has 0 aliphatic carbocycles. The van der Waals surface area contributed by atoms with Gasteiger partial charge in [-0.3, -0.25) is 0 Å². The molecule has 0 unspecified atom stereocenters. The second-order valence-electron chi connectivity index (χ2n) is 3.82. The van der Waals surface area contributed by atoms with E-state index in [0.29, 0.717) is 18.7 Å². The van der Waals surface area contributed by atoms with Gasteiger partial charge >= 0.3 is 0 Å². The Kier molecular flexibility index (Phi) is 4.33. The van der Waals surface area contributed by atoms with Gasteiger partial charge in [-0.15, -0.1) is 0 Å². The molecule has 2 aromatic carbocycles. The van der Waals surface area contributed by atoms with Gasteiger partial charge in [-0.2, -0.15) is 0 Å². The number of rotatable bonds is 4. The van der Waals surface area contributed by atoms with Crippen molar-refractivity contribution in [1.82, 2.24) is 0 Å². The molecule has 2 aromatic rings. The summed E-state index contributed by atoms with van der Waals surface area (Å²) in [4.78, 5) is 0. The number of para-hydroxylation sites is 1. The molecule has 2 N–H and O–H groups in total. The third-order valence-electron chi connectivity index (χ3n) is 2.49. The van der Waals surface area contributed by atoms with Crippen LogP contribution in [0.3, 0.4) is 0 Å². The maximum atomic E-state index is 13.5. The van der Waals surface area contributed by atoms with Gasteiger partial charge in [0.05, 0.1) is 0 Å². The van der Waals surface area contributed by atoms with Crippen LogP contribution >= 0.6 is 15.9 Å². The van der Waals surface area contributed by atoms with Crippen LogP contribution in [0.25, 0.3) is 0 Å². The fourth-order valence-electron chi connectivity index (χ4n) is 1.64. The predicted octanol–water partition coefficient (Wildman–Crippen LogP) is 3.88. The zero-order valence-corrected chi connectivity index (χ0v) is 11.3. The third-order valence-corrected chi connectivity index (χ3v) is 2.99. The van der Waals surface area contributed by atoms with Gasteiger partial charge in [0.15, 0.2) is 11.6 Å². The summed E-state index contributed by atoms with van der Waals surface area (Å²) in [5, 5.41) is 0. The van der Waals surface area contributed by atoms with Crippen LogP contribution < -0.4 is 10.5 Å². The second-order valence-corrected chi connectivity index (χ2v) is 4.74. The minimum Gasteiger partial charge on any atom is -0.454 e. The van der Waals surface area contributed by atoms with E-state index in [9.17, 15) is 4.39 Å². The molecule has 0 amide bonds. The summed E-state index contributed by atoms with van der Waals surface area (Å²) in [6.07, 6.45) is 0.684. The number of benzene rings is 2. The minimum atomic E-state index is -0.376. The molecular formula is C14H13BrFNO. The van der Waals surface area contributed by atoms with Crippen molar-refractivity contribution in [3.05, 3.63) is 58.3 Å².